The van der Waals surface area contributed by atoms with Gasteiger partial charge in [0.05, 0.1) is 12.6 Å². The highest BCUT2D eigenvalue weighted by Gasteiger charge is 2.43. The van der Waals surface area contributed by atoms with Gasteiger partial charge in [-0.25, -0.2) is 0 Å². The molecule has 18 heavy (non-hydrogen) atoms. The van der Waals surface area contributed by atoms with Crippen LogP contribution < -0.4 is 5.11 Å². The highest BCUT2D eigenvalue weighted by atomic mass is 16.6. The molecule has 1 heterocycles. The van der Waals surface area contributed by atoms with Crippen molar-refractivity contribution in [2.45, 2.75) is 37.6 Å². The van der Waals surface area contributed by atoms with E-state index in [1.165, 1.54) is 13.0 Å². The molecular formula is C11H18NO6-. The molecule has 0 aliphatic carbocycles. The lowest BCUT2D eigenvalue weighted by Crippen LogP contribution is -2.68. The molecule has 0 aromatic rings. The molecule has 7 nitrogen and oxygen atoms in total. The highest BCUT2D eigenvalue weighted by molar-refractivity contribution is 5.74. The second kappa shape index (κ2) is 6.26. The number of ether oxygens (including phenoxy) is 1. The first kappa shape index (κ1) is 15.1. The Morgan fingerprint density at radius 2 is 2.11 bits per heavy atom. The topological polar surface area (TPSA) is 113 Å². The van der Waals surface area contributed by atoms with Crippen LogP contribution >= 0.6 is 0 Å². The Hall–Kier alpha value is -0.990. The van der Waals surface area contributed by atoms with Gasteiger partial charge in [-0.3, -0.25) is 4.79 Å². The normalized spacial score (nSPS) is 36.2. The largest absolute Gasteiger partial charge is 0.829 e. The summed E-state index contributed by atoms with van der Waals surface area (Å²) in [6.07, 6.45) is -4.36. The molecule has 0 bridgehead atoms. The molecule has 104 valence electrons. The van der Waals surface area contributed by atoms with E-state index in [0.717, 1.165) is 4.90 Å². The zero-order valence-corrected chi connectivity index (χ0v) is 10.1. The Kier molecular flexibility index (Phi) is 5.24. The maximum absolute atomic E-state index is 11.8. The molecule has 1 aliphatic heterocycles. The molecule has 0 radical (unpaired) electrons. The molecular weight excluding hydrogens is 242 g/mol. The van der Waals surface area contributed by atoms with Gasteiger partial charge in [0.25, 0.3) is 0 Å². The summed E-state index contributed by atoms with van der Waals surface area (Å²) in [6.45, 7) is 4.19. The van der Waals surface area contributed by atoms with E-state index in [2.05, 4.69) is 6.58 Å². The van der Waals surface area contributed by atoms with Gasteiger partial charge in [-0.2, -0.15) is 0 Å². The van der Waals surface area contributed by atoms with Crippen LogP contribution in [-0.2, 0) is 9.53 Å². The summed E-state index contributed by atoms with van der Waals surface area (Å²) in [6, 6.07) is -1.21. The van der Waals surface area contributed by atoms with Crippen LogP contribution in [0.15, 0.2) is 12.7 Å². The van der Waals surface area contributed by atoms with E-state index in [1.807, 2.05) is 0 Å². The van der Waals surface area contributed by atoms with E-state index >= 15 is 0 Å². The minimum Gasteiger partial charge on any atom is -0.829 e. The maximum atomic E-state index is 11.8. The third-order valence-electron chi connectivity index (χ3n) is 2.94. The van der Waals surface area contributed by atoms with Crippen LogP contribution in [0.25, 0.3) is 0 Å². The van der Waals surface area contributed by atoms with Crippen LogP contribution in [0.4, 0.5) is 0 Å². The van der Waals surface area contributed by atoms with Gasteiger partial charge < -0.3 is 30.1 Å². The number of aliphatic hydroxyl groups excluding tert-OH is 3. The van der Waals surface area contributed by atoms with Crippen molar-refractivity contribution in [3.05, 3.63) is 12.7 Å². The molecule has 0 spiro atoms. The Morgan fingerprint density at radius 3 is 2.56 bits per heavy atom. The van der Waals surface area contributed by atoms with Gasteiger partial charge in [0.2, 0.25) is 5.91 Å². The molecule has 7 heteroatoms. The number of aliphatic hydroxyl groups is 3. The molecule has 3 N–H and O–H groups in total. The molecule has 0 unspecified atom stereocenters. The molecule has 0 aromatic heterocycles. The summed E-state index contributed by atoms with van der Waals surface area (Å²) in [7, 11) is 0. The van der Waals surface area contributed by atoms with Gasteiger partial charge in [0.15, 0.2) is 0 Å². The van der Waals surface area contributed by atoms with Crippen molar-refractivity contribution < 1.29 is 30.0 Å². The van der Waals surface area contributed by atoms with Gasteiger partial charge in [-0.1, -0.05) is 6.08 Å². The molecule has 1 amide bonds. The van der Waals surface area contributed by atoms with Crippen LogP contribution in [0.3, 0.4) is 0 Å². The molecule has 0 saturated carbocycles. The number of hydrogen-bond acceptors (Lipinski definition) is 6. The average Bonchev–Trinajstić information content (AvgIpc) is 2.32. The molecule has 1 fully saturated rings. The third kappa shape index (κ3) is 2.88. The zero-order chi connectivity index (χ0) is 13.9. The summed E-state index contributed by atoms with van der Waals surface area (Å²) in [4.78, 5) is 12.5. The van der Waals surface area contributed by atoms with E-state index in [-0.39, 0.29) is 6.54 Å². The number of carbonyl (C=O) groups is 1. The minimum absolute atomic E-state index is 0.0652. The summed E-state index contributed by atoms with van der Waals surface area (Å²) in [5.74, 6) is -0.432. The van der Waals surface area contributed by atoms with E-state index < -0.39 is 43.2 Å². The standard InChI is InChI=1S/C11H18NO6/c1-3-4-12(6(2)14)8-10(16)9(15)7(5-13)18-11(8)17/h3,7-11,13,15-16H,1,4-5H2,2H3/q-1/t7-,8-,9-,10-,11-/m1/s1. The van der Waals surface area contributed by atoms with Crippen LogP contribution in [0.1, 0.15) is 6.92 Å². The minimum atomic E-state index is -1.73. The molecule has 1 rings (SSSR count). The van der Waals surface area contributed by atoms with Gasteiger partial charge in [-0.15, -0.1) is 6.58 Å². The fourth-order valence-corrected chi connectivity index (χ4v) is 2.00. The average molecular weight is 260 g/mol. The maximum Gasteiger partial charge on any atom is 0.220 e. The van der Waals surface area contributed by atoms with E-state index in [4.69, 9.17) is 9.84 Å². The Labute approximate surface area is 105 Å². The first-order valence-corrected chi connectivity index (χ1v) is 5.60. The van der Waals surface area contributed by atoms with E-state index in [1.54, 1.807) is 0 Å². The van der Waals surface area contributed by atoms with Crippen molar-refractivity contribution in [1.29, 1.82) is 0 Å². The van der Waals surface area contributed by atoms with E-state index in [9.17, 15) is 20.1 Å². The van der Waals surface area contributed by atoms with Crippen molar-refractivity contribution in [3.8, 4) is 0 Å². The number of nitrogens with zero attached hydrogens (tertiary/aromatic N) is 1. The predicted molar refractivity (Wildman–Crippen MR) is 59.1 cm³/mol. The predicted octanol–water partition coefficient (Wildman–Crippen LogP) is -2.81. The first-order chi connectivity index (χ1) is 8.43. The summed E-state index contributed by atoms with van der Waals surface area (Å²) < 4.78 is 4.86. The van der Waals surface area contributed by atoms with Crippen LogP contribution in [-0.4, -0.2) is 69.9 Å². The fourth-order valence-electron chi connectivity index (χ4n) is 2.00. The van der Waals surface area contributed by atoms with Crippen molar-refractivity contribution in [2.24, 2.45) is 0 Å². The lowest BCUT2D eigenvalue weighted by atomic mass is 9.95. The molecule has 1 aliphatic rings. The van der Waals surface area contributed by atoms with E-state index in [0.29, 0.717) is 0 Å². The number of rotatable bonds is 4. The Balaban J connectivity index is 2.92. The zero-order valence-electron chi connectivity index (χ0n) is 10.1. The number of carbonyl (C=O) groups excluding carboxylic acids is 1. The first-order valence-electron chi connectivity index (χ1n) is 5.60. The summed E-state index contributed by atoms with van der Waals surface area (Å²) in [5, 5.41) is 40.3. The van der Waals surface area contributed by atoms with Gasteiger partial charge in [-0.05, 0) is 0 Å². The van der Waals surface area contributed by atoms with Crippen molar-refractivity contribution in [2.75, 3.05) is 13.2 Å². The van der Waals surface area contributed by atoms with Crippen molar-refractivity contribution in [3.63, 3.8) is 0 Å². The number of amides is 1. The molecule has 1 saturated heterocycles. The van der Waals surface area contributed by atoms with Gasteiger partial charge >= 0.3 is 0 Å². The SMILES string of the molecule is C=CCN(C(C)=O)[C@@H]1[C@@H](O)[C@H](O)[C@@H](CO)O[C@H]1[O-]. The quantitative estimate of drug-likeness (QED) is 0.470. The Morgan fingerprint density at radius 1 is 1.50 bits per heavy atom. The van der Waals surface area contributed by atoms with Crippen LogP contribution in [0, 0.1) is 0 Å². The van der Waals surface area contributed by atoms with Crippen molar-refractivity contribution >= 4 is 5.91 Å². The van der Waals surface area contributed by atoms with Crippen molar-refractivity contribution in [1.82, 2.24) is 4.90 Å². The second-order valence-corrected chi connectivity index (χ2v) is 4.16. The molecule has 0 aromatic carbocycles. The monoisotopic (exact) mass is 260 g/mol. The Bertz CT molecular complexity index is 310. The number of hydrogen-bond donors (Lipinski definition) is 3. The second-order valence-electron chi connectivity index (χ2n) is 4.16. The van der Waals surface area contributed by atoms with Crippen LogP contribution in [0.2, 0.25) is 0 Å². The smallest absolute Gasteiger partial charge is 0.220 e. The van der Waals surface area contributed by atoms with Gasteiger partial charge in [0, 0.05) is 19.8 Å². The third-order valence-corrected chi connectivity index (χ3v) is 2.94. The lowest BCUT2D eigenvalue weighted by Gasteiger charge is -2.49. The summed E-state index contributed by atoms with van der Waals surface area (Å²) >= 11 is 0. The molecule has 5 atom stereocenters. The van der Waals surface area contributed by atoms with Crippen LogP contribution in [0.5, 0.6) is 0 Å². The summed E-state index contributed by atoms with van der Waals surface area (Å²) in [5.41, 5.74) is 0. The fraction of sp³-hybridized carbons (Fsp3) is 0.727. The lowest BCUT2D eigenvalue weighted by molar-refractivity contribution is -0.525. The van der Waals surface area contributed by atoms with Gasteiger partial charge in [0.1, 0.15) is 18.3 Å². The highest BCUT2D eigenvalue weighted by Crippen LogP contribution is 2.22.